The molecule has 0 saturated carbocycles. The molecule has 0 saturated heterocycles. The maximum atomic E-state index is 9.70. The summed E-state index contributed by atoms with van der Waals surface area (Å²) in [6, 6.07) is 0. The summed E-state index contributed by atoms with van der Waals surface area (Å²) in [5.41, 5.74) is 0. The molecule has 96 valence electrons. The Kier molecular flexibility index (Phi) is 11.3. The summed E-state index contributed by atoms with van der Waals surface area (Å²) in [6.45, 7) is 2.19. The Morgan fingerprint density at radius 3 is 2.65 bits per heavy atom. The predicted molar refractivity (Wildman–Crippen MR) is 76.1 cm³/mol. The third-order valence-corrected chi connectivity index (χ3v) is 2.98. The van der Waals surface area contributed by atoms with E-state index in [0.717, 1.165) is 6.42 Å². The van der Waals surface area contributed by atoms with Crippen LogP contribution in [-0.4, -0.2) is 16.6 Å². The van der Waals surface area contributed by atoms with E-state index in [1.807, 2.05) is 0 Å². The van der Waals surface area contributed by atoms with Crippen LogP contribution in [0.25, 0.3) is 0 Å². The van der Waals surface area contributed by atoms with Crippen LogP contribution in [0.2, 0.25) is 0 Å². The number of terminal acetylenes is 1. The topological polar surface area (TPSA) is 20.2 Å². The quantitative estimate of drug-likeness (QED) is 0.285. The minimum atomic E-state index is -0.526. The molecule has 2 atom stereocenters. The lowest BCUT2D eigenvalue weighted by atomic mass is 10.1. The van der Waals surface area contributed by atoms with Crippen molar-refractivity contribution in [2.75, 3.05) is 0 Å². The van der Waals surface area contributed by atoms with Gasteiger partial charge < -0.3 is 5.11 Å². The number of hydrogen-bond acceptors (Lipinski definition) is 1. The molecular formula is C15H23ClO. The summed E-state index contributed by atoms with van der Waals surface area (Å²) in [5.74, 6) is 2.39. The normalized spacial score (nSPS) is 15.2. The highest BCUT2D eigenvalue weighted by Crippen LogP contribution is 2.13. The molecule has 1 N–H and O–H groups in total. The number of hydrogen-bond donors (Lipinski definition) is 1. The molecule has 0 heterocycles. The van der Waals surface area contributed by atoms with Gasteiger partial charge in [-0.3, -0.25) is 0 Å². The van der Waals surface area contributed by atoms with E-state index in [-0.39, 0.29) is 5.38 Å². The van der Waals surface area contributed by atoms with Crippen molar-refractivity contribution in [2.24, 2.45) is 0 Å². The maximum absolute atomic E-state index is 9.70. The highest BCUT2D eigenvalue weighted by Gasteiger charge is 2.12. The fourth-order valence-corrected chi connectivity index (χ4v) is 1.64. The van der Waals surface area contributed by atoms with E-state index in [0.29, 0.717) is 12.8 Å². The summed E-state index contributed by atoms with van der Waals surface area (Å²) in [7, 11) is 0. The Morgan fingerprint density at radius 2 is 2.00 bits per heavy atom. The Balaban J connectivity index is 3.66. The minimum absolute atomic E-state index is 0.236. The molecular weight excluding hydrogens is 232 g/mol. The van der Waals surface area contributed by atoms with Gasteiger partial charge in [0.15, 0.2) is 0 Å². The van der Waals surface area contributed by atoms with Gasteiger partial charge in [0.05, 0.1) is 11.5 Å². The zero-order valence-electron chi connectivity index (χ0n) is 10.6. The molecule has 2 heteroatoms. The molecule has 17 heavy (non-hydrogen) atoms. The van der Waals surface area contributed by atoms with Gasteiger partial charge >= 0.3 is 0 Å². The van der Waals surface area contributed by atoms with E-state index in [1.54, 1.807) is 12.2 Å². The van der Waals surface area contributed by atoms with Crippen molar-refractivity contribution in [1.29, 1.82) is 0 Å². The summed E-state index contributed by atoms with van der Waals surface area (Å²) >= 11 is 6.06. The molecule has 0 aliphatic carbocycles. The first-order valence-electron chi connectivity index (χ1n) is 6.30. The van der Waals surface area contributed by atoms with Gasteiger partial charge in [0, 0.05) is 0 Å². The van der Waals surface area contributed by atoms with E-state index in [9.17, 15) is 5.11 Å². The Hall–Kier alpha value is -0.710. The molecule has 0 aromatic heterocycles. The second kappa shape index (κ2) is 11.8. The van der Waals surface area contributed by atoms with Crippen LogP contribution in [0.15, 0.2) is 24.3 Å². The van der Waals surface area contributed by atoms with Crippen molar-refractivity contribution in [3.8, 4) is 12.3 Å². The molecule has 1 nitrogen and oxygen atoms in total. The first-order valence-corrected chi connectivity index (χ1v) is 6.74. The average Bonchev–Trinajstić information content (AvgIpc) is 2.33. The van der Waals surface area contributed by atoms with E-state index in [4.69, 9.17) is 18.0 Å². The largest absolute Gasteiger partial charge is 0.391 e. The van der Waals surface area contributed by atoms with Crippen molar-refractivity contribution in [2.45, 2.75) is 56.9 Å². The lowest BCUT2D eigenvalue weighted by Crippen LogP contribution is -2.19. The van der Waals surface area contributed by atoms with Gasteiger partial charge in [-0.15, -0.1) is 18.0 Å². The van der Waals surface area contributed by atoms with Crippen molar-refractivity contribution in [3.63, 3.8) is 0 Å². The maximum Gasteiger partial charge on any atom is 0.0741 e. The number of aliphatic hydroxyl groups is 1. The Labute approximate surface area is 111 Å². The number of alkyl halides is 1. The predicted octanol–water partition coefficient (Wildman–Crippen LogP) is 4.06. The van der Waals surface area contributed by atoms with E-state index >= 15 is 0 Å². The first kappa shape index (κ1) is 16.3. The van der Waals surface area contributed by atoms with Crippen LogP contribution in [-0.2, 0) is 0 Å². The molecule has 0 spiro atoms. The third-order valence-electron chi connectivity index (χ3n) is 2.51. The van der Waals surface area contributed by atoms with Crippen LogP contribution < -0.4 is 0 Å². The lowest BCUT2D eigenvalue weighted by molar-refractivity contribution is 0.172. The zero-order chi connectivity index (χ0) is 12.9. The fraction of sp³-hybridized carbons (Fsp3) is 0.600. The van der Waals surface area contributed by atoms with Gasteiger partial charge in [-0.1, -0.05) is 43.9 Å². The first-order chi connectivity index (χ1) is 8.22. The van der Waals surface area contributed by atoms with Crippen LogP contribution in [0.4, 0.5) is 0 Å². The molecule has 0 aromatic rings. The van der Waals surface area contributed by atoms with Gasteiger partial charge in [-0.2, -0.15) is 0 Å². The second-order valence-corrected chi connectivity index (χ2v) is 4.65. The van der Waals surface area contributed by atoms with Crippen molar-refractivity contribution in [1.82, 2.24) is 0 Å². The molecule has 2 unspecified atom stereocenters. The Morgan fingerprint density at radius 1 is 1.24 bits per heavy atom. The molecule has 0 fully saturated rings. The van der Waals surface area contributed by atoms with Gasteiger partial charge in [0.25, 0.3) is 0 Å². The second-order valence-electron chi connectivity index (χ2n) is 4.09. The highest BCUT2D eigenvalue weighted by atomic mass is 35.5. The number of unbranched alkanes of at least 4 members (excludes halogenated alkanes) is 3. The van der Waals surface area contributed by atoms with E-state index < -0.39 is 6.10 Å². The number of halogens is 1. The van der Waals surface area contributed by atoms with Gasteiger partial charge in [0.2, 0.25) is 0 Å². The van der Waals surface area contributed by atoms with Crippen molar-refractivity contribution >= 4 is 11.6 Å². The van der Waals surface area contributed by atoms with Crippen LogP contribution in [0.3, 0.4) is 0 Å². The van der Waals surface area contributed by atoms with E-state index in [2.05, 4.69) is 25.0 Å². The molecule has 0 amide bonds. The summed E-state index contributed by atoms with van der Waals surface area (Å²) < 4.78 is 0. The molecule has 0 rings (SSSR count). The van der Waals surface area contributed by atoms with Crippen LogP contribution in [0.1, 0.15) is 45.4 Å². The highest BCUT2D eigenvalue weighted by molar-refractivity contribution is 6.21. The standard InChI is InChI=1S/C15H23ClO/c1-3-5-7-8-9-11-12-14(16)15(17)13-10-6-4-2/h2,6,9-11,14-15,17H,3,5,7-8,12-13H2,1H3/b10-6+,11-9-. The molecule has 0 radical (unpaired) electrons. The monoisotopic (exact) mass is 254 g/mol. The minimum Gasteiger partial charge on any atom is -0.391 e. The van der Waals surface area contributed by atoms with Crippen LogP contribution in [0.5, 0.6) is 0 Å². The summed E-state index contributed by atoms with van der Waals surface area (Å²) in [5, 5.41) is 9.46. The summed E-state index contributed by atoms with van der Waals surface area (Å²) in [6.07, 6.45) is 18.2. The van der Waals surface area contributed by atoms with Crippen LogP contribution in [0, 0.1) is 12.3 Å². The average molecular weight is 255 g/mol. The number of aliphatic hydroxyl groups excluding tert-OH is 1. The zero-order valence-corrected chi connectivity index (χ0v) is 11.4. The van der Waals surface area contributed by atoms with Gasteiger partial charge in [-0.25, -0.2) is 0 Å². The fourth-order valence-electron chi connectivity index (χ4n) is 1.44. The molecule has 0 aromatic carbocycles. The van der Waals surface area contributed by atoms with Crippen molar-refractivity contribution < 1.29 is 5.11 Å². The SMILES string of the molecule is C#C/C=C/CC(O)C(Cl)C/C=C\CCCCC. The van der Waals surface area contributed by atoms with Crippen LogP contribution >= 0.6 is 11.6 Å². The number of rotatable bonds is 9. The Bertz CT molecular complexity index is 263. The van der Waals surface area contributed by atoms with Crippen molar-refractivity contribution in [3.05, 3.63) is 24.3 Å². The van der Waals surface area contributed by atoms with Gasteiger partial charge in [0.1, 0.15) is 0 Å². The third kappa shape index (κ3) is 10.2. The lowest BCUT2D eigenvalue weighted by Gasteiger charge is -2.12. The molecule has 0 bridgehead atoms. The number of allylic oxidation sites excluding steroid dienone is 3. The smallest absolute Gasteiger partial charge is 0.0741 e. The molecule has 0 aliphatic rings. The van der Waals surface area contributed by atoms with E-state index in [1.165, 1.54) is 19.3 Å². The molecule has 0 aliphatic heterocycles. The summed E-state index contributed by atoms with van der Waals surface area (Å²) in [4.78, 5) is 0. The van der Waals surface area contributed by atoms with Gasteiger partial charge in [-0.05, 0) is 31.8 Å².